The van der Waals surface area contributed by atoms with E-state index < -0.39 is 0 Å². The molecule has 0 bridgehead atoms. The fourth-order valence-corrected chi connectivity index (χ4v) is 2.18. The minimum Gasteiger partial charge on any atom is -0.383 e. The highest BCUT2D eigenvalue weighted by molar-refractivity contribution is 5.39. The Morgan fingerprint density at radius 3 is 2.85 bits per heavy atom. The molecule has 0 unspecified atom stereocenters. The predicted octanol–water partition coefficient (Wildman–Crippen LogP) is 2.42. The molecule has 0 radical (unpaired) electrons. The number of hydrogen-bond acceptors (Lipinski definition) is 3. The van der Waals surface area contributed by atoms with Gasteiger partial charge in [0.15, 0.2) is 0 Å². The molecule has 4 nitrogen and oxygen atoms in total. The van der Waals surface area contributed by atoms with Gasteiger partial charge in [-0.05, 0) is 36.8 Å². The monoisotopic (exact) mass is 269 g/mol. The molecule has 1 aromatic carbocycles. The average molecular weight is 269 g/mol. The maximum atomic E-state index is 12.1. The number of hydrogen-bond donors (Lipinski definition) is 1. The molecule has 2 aromatic rings. The van der Waals surface area contributed by atoms with Crippen LogP contribution in [0.3, 0.4) is 0 Å². The topological polar surface area (TPSA) is 46.9 Å². The standard InChI is InChI=1S/C16H19N3O/c1-12-4-2-3-5-14(12)11-19-16(20)8-15(10-18-19)17-9-13-6-7-13/h2-5,8,10,13,17H,6-7,9,11H2,1H3. The minimum absolute atomic E-state index is 0.0611. The Kier molecular flexibility index (Phi) is 3.54. The molecular formula is C16H19N3O. The number of benzene rings is 1. The summed E-state index contributed by atoms with van der Waals surface area (Å²) in [5.41, 5.74) is 3.06. The smallest absolute Gasteiger partial charge is 0.269 e. The summed E-state index contributed by atoms with van der Waals surface area (Å²) in [6, 6.07) is 9.70. The van der Waals surface area contributed by atoms with Crippen molar-refractivity contribution < 1.29 is 0 Å². The van der Waals surface area contributed by atoms with Gasteiger partial charge in [0.25, 0.3) is 5.56 Å². The van der Waals surface area contributed by atoms with Crippen LogP contribution in [-0.2, 0) is 6.54 Å². The van der Waals surface area contributed by atoms with E-state index >= 15 is 0 Å². The van der Waals surface area contributed by atoms with Crippen LogP contribution in [0.1, 0.15) is 24.0 Å². The fourth-order valence-electron chi connectivity index (χ4n) is 2.18. The second-order valence-electron chi connectivity index (χ2n) is 5.49. The molecule has 1 N–H and O–H groups in total. The van der Waals surface area contributed by atoms with Crippen LogP contribution in [0, 0.1) is 12.8 Å². The molecule has 0 saturated heterocycles. The Labute approximate surface area is 118 Å². The SMILES string of the molecule is Cc1ccccc1Cn1ncc(NCC2CC2)cc1=O. The van der Waals surface area contributed by atoms with Crippen LogP contribution in [0.5, 0.6) is 0 Å². The van der Waals surface area contributed by atoms with Gasteiger partial charge in [-0.3, -0.25) is 4.79 Å². The molecule has 0 amide bonds. The molecule has 0 spiro atoms. The molecule has 1 saturated carbocycles. The highest BCUT2D eigenvalue weighted by atomic mass is 16.1. The molecule has 1 aliphatic rings. The van der Waals surface area contributed by atoms with E-state index in [0.717, 1.165) is 23.7 Å². The second kappa shape index (κ2) is 5.49. The predicted molar refractivity (Wildman–Crippen MR) is 80.0 cm³/mol. The van der Waals surface area contributed by atoms with E-state index in [0.29, 0.717) is 6.54 Å². The molecule has 4 heteroatoms. The Balaban J connectivity index is 1.73. The summed E-state index contributed by atoms with van der Waals surface area (Å²) in [4.78, 5) is 12.1. The number of nitrogens with zero attached hydrogens (tertiary/aromatic N) is 2. The van der Waals surface area contributed by atoms with Gasteiger partial charge in [-0.15, -0.1) is 0 Å². The van der Waals surface area contributed by atoms with Crippen LogP contribution in [0.25, 0.3) is 0 Å². The lowest BCUT2D eigenvalue weighted by atomic mass is 10.1. The number of rotatable bonds is 5. The summed E-state index contributed by atoms with van der Waals surface area (Å²) < 4.78 is 1.50. The Morgan fingerprint density at radius 2 is 2.15 bits per heavy atom. The Bertz CT molecular complexity index is 659. The highest BCUT2D eigenvalue weighted by Crippen LogP contribution is 2.28. The molecule has 1 aromatic heterocycles. The van der Waals surface area contributed by atoms with Crippen LogP contribution < -0.4 is 10.9 Å². The van der Waals surface area contributed by atoms with Crippen molar-refractivity contribution in [1.29, 1.82) is 0 Å². The lowest BCUT2D eigenvalue weighted by molar-refractivity contribution is 0.637. The maximum absolute atomic E-state index is 12.1. The Morgan fingerprint density at radius 1 is 1.35 bits per heavy atom. The summed E-state index contributed by atoms with van der Waals surface area (Å²) in [7, 11) is 0. The third kappa shape index (κ3) is 3.07. The lowest BCUT2D eigenvalue weighted by Crippen LogP contribution is -2.23. The van der Waals surface area contributed by atoms with Gasteiger partial charge in [-0.25, -0.2) is 4.68 Å². The van der Waals surface area contributed by atoms with E-state index in [1.807, 2.05) is 31.2 Å². The first kappa shape index (κ1) is 12.9. The molecule has 104 valence electrons. The summed E-state index contributed by atoms with van der Waals surface area (Å²) in [6.45, 7) is 3.52. The largest absolute Gasteiger partial charge is 0.383 e. The summed E-state index contributed by atoms with van der Waals surface area (Å²) in [6.07, 6.45) is 4.33. The number of anilines is 1. The number of aryl methyl sites for hydroxylation is 1. The Hall–Kier alpha value is -2.10. The van der Waals surface area contributed by atoms with Crippen molar-refractivity contribution in [1.82, 2.24) is 9.78 Å². The number of nitrogens with one attached hydrogen (secondary N) is 1. The second-order valence-corrected chi connectivity index (χ2v) is 5.49. The first-order chi connectivity index (χ1) is 9.72. The molecule has 1 heterocycles. The average Bonchev–Trinajstić information content (AvgIpc) is 3.26. The zero-order valence-electron chi connectivity index (χ0n) is 11.7. The van der Waals surface area contributed by atoms with Gasteiger partial charge in [0.2, 0.25) is 0 Å². The lowest BCUT2D eigenvalue weighted by Gasteiger charge is -2.09. The third-order valence-electron chi connectivity index (χ3n) is 3.74. The van der Waals surface area contributed by atoms with E-state index in [2.05, 4.69) is 10.4 Å². The quantitative estimate of drug-likeness (QED) is 0.906. The molecule has 3 rings (SSSR count). The van der Waals surface area contributed by atoms with Crippen molar-refractivity contribution in [2.24, 2.45) is 5.92 Å². The van der Waals surface area contributed by atoms with Crippen molar-refractivity contribution in [3.05, 3.63) is 58.0 Å². The van der Waals surface area contributed by atoms with E-state index in [1.165, 1.54) is 23.1 Å². The zero-order chi connectivity index (χ0) is 13.9. The van der Waals surface area contributed by atoms with Crippen molar-refractivity contribution in [3.63, 3.8) is 0 Å². The van der Waals surface area contributed by atoms with E-state index in [1.54, 1.807) is 12.3 Å². The van der Waals surface area contributed by atoms with Crippen molar-refractivity contribution in [3.8, 4) is 0 Å². The van der Waals surface area contributed by atoms with E-state index in [4.69, 9.17) is 0 Å². The summed E-state index contributed by atoms with van der Waals surface area (Å²) in [5, 5.41) is 7.53. The van der Waals surface area contributed by atoms with Gasteiger partial charge in [0, 0.05) is 12.6 Å². The van der Waals surface area contributed by atoms with Crippen LogP contribution in [0.4, 0.5) is 5.69 Å². The van der Waals surface area contributed by atoms with Gasteiger partial charge in [0.1, 0.15) is 0 Å². The third-order valence-corrected chi connectivity index (χ3v) is 3.74. The van der Waals surface area contributed by atoms with E-state index in [9.17, 15) is 4.79 Å². The van der Waals surface area contributed by atoms with Gasteiger partial charge in [-0.1, -0.05) is 24.3 Å². The van der Waals surface area contributed by atoms with Gasteiger partial charge < -0.3 is 5.32 Å². The van der Waals surface area contributed by atoms with Crippen molar-refractivity contribution >= 4 is 5.69 Å². The van der Waals surface area contributed by atoms with Crippen molar-refractivity contribution in [2.75, 3.05) is 11.9 Å². The molecular weight excluding hydrogens is 250 g/mol. The van der Waals surface area contributed by atoms with Crippen LogP contribution in [0.2, 0.25) is 0 Å². The van der Waals surface area contributed by atoms with Crippen LogP contribution in [-0.4, -0.2) is 16.3 Å². The summed E-state index contributed by atoms with van der Waals surface area (Å²) in [5.74, 6) is 0.782. The van der Waals surface area contributed by atoms with Crippen LogP contribution in [0.15, 0.2) is 41.3 Å². The van der Waals surface area contributed by atoms with Gasteiger partial charge >= 0.3 is 0 Å². The van der Waals surface area contributed by atoms with Crippen molar-refractivity contribution in [2.45, 2.75) is 26.3 Å². The normalized spacial score (nSPS) is 14.2. The number of aromatic nitrogens is 2. The molecule has 20 heavy (non-hydrogen) atoms. The van der Waals surface area contributed by atoms with E-state index in [-0.39, 0.29) is 5.56 Å². The minimum atomic E-state index is -0.0611. The highest BCUT2D eigenvalue weighted by Gasteiger charge is 2.20. The molecule has 0 aliphatic heterocycles. The maximum Gasteiger partial charge on any atom is 0.269 e. The summed E-state index contributed by atoms with van der Waals surface area (Å²) >= 11 is 0. The molecule has 1 aliphatic carbocycles. The fraction of sp³-hybridized carbons (Fsp3) is 0.375. The first-order valence-corrected chi connectivity index (χ1v) is 7.08. The zero-order valence-corrected chi connectivity index (χ0v) is 11.7. The van der Waals surface area contributed by atoms with Gasteiger partial charge in [-0.2, -0.15) is 5.10 Å². The first-order valence-electron chi connectivity index (χ1n) is 7.08. The van der Waals surface area contributed by atoms with Gasteiger partial charge in [0.05, 0.1) is 18.4 Å². The van der Waals surface area contributed by atoms with Crippen LogP contribution >= 0.6 is 0 Å². The molecule has 1 fully saturated rings. The molecule has 0 atom stereocenters.